The van der Waals surface area contributed by atoms with Crippen molar-refractivity contribution < 1.29 is 0 Å². The second-order valence-electron chi connectivity index (χ2n) is 5.49. The lowest BCUT2D eigenvalue weighted by Gasteiger charge is -2.24. The van der Waals surface area contributed by atoms with Gasteiger partial charge in [-0.05, 0) is 45.7 Å². The number of nitrogens with one attached hydrogen (secondary N) is 1. The van der Waals surface area contributed by atoms with E-state index in [1.165, 1.54) is 41.8 Å². The zero-order valence-corrected chi connectivity index (χ0v) is 11.7. The highest BCUT2D eigenvalue weighted by Crippen LogP contribution is 2.35. The molecule has 1 N–H and O–H groups in total. The molecule has 17 heavy (non-hydrogen) atoms. The molecule has 0 amide bonds. The van der Waals surface area contributed by atoms with E-state index in [-0.39, 0.29) is 0 Å². The number of hydrogen-bond donors (Lipinski definition) is 1. The van der Waals surface area contributed by atoms with Gasteiger partial charge in [0.15, 0.2) is 0 Å². The summed E-state index contributed by atoms with van der Waals surface area (Å²) in [5.41, 5.74) is 1.23. The molecule has 3 atom stereocenters. The Labute approximate surface area is 107 Å². The molecule has 94 valence electrons. The number of rotatable bonds is 2. The summed E-state index contributed by atoms with van der Waals surface area (Å²) in [5.74, 6) is 1.76. The molecule has 0 saturated carbocycles. The van der Waals surface area contributed by atoms with E-state index in [1.54, 1.807) is 0 Å². The molecule has 2 aliphatic heterocycles. The Hall–Kier alpha value is -0.450. The van der Waals surface area contributed by atoms with Gasteiger partial charge in [-0.2, -0.15) is 0 Å². The van der Waals surface area contributed by atoms with Crippen molar-refractivity contribution in [3.05, 3.63) is 15.6 Å². The third kappa shape index (κ3) is 2.02. The Kier molecular flexibility index (Phi) is 2.97. The maximum absolute atomic E-state index is 4.56. The van der Waals surface area contributed by atoms with Crippen LogP contribution in [0.1, 0.15) is 28.5 Å². The molecule has 0 radical (unpaired) electrons. The molecule has 0 bridgehead atoms. The molecule has 3 rings (SSSR count). The van der Waals surface area contributed by atoms with Gasteiger partial charge in [0.05, 0.1) is 10.7 Å². The van der Waals surface area contributed by atoms with E-state index in [4.69, 9.17) is 0 Å². The van der Waals surface area contributed by atoms with Gasteiger partial charge >= 0.3 is 0 Å². The average Bonchev–Trinajstić information content (AvgIpc) is 2.90. The predicted molar refractivity (Wildman–Crippen MR) is 71.4 cm³/mol. The minimum absolute atomic E-state index is 0.548. The average molecular weight is 251 g/mol. The number of fused-ring (bicyclic) bond motifs is 1. The molecule has 2 aliphatic rings. The van der Waals surface area contributed by atoms with Gasteiger partial charge in [0.2, 0.25) is 0 Å². The second-order valence-corrected chi connectivity index (χ2v) is 6.73. The van der Waals surface area contributed by atoms with Crippen molar-refractivity contribution in [2.45, 2.75) is 26.8 Å². The van der Waals surface area contributed by atoms with Crippen molar-refractivity contribution in [3.8, 4) is 0 Å². The Morgan fingerprint density at radius 1 is 1.29 bits per heavy atom. The van der Waals surface area contributed by atoms with Crippen LogP contribution in [0.4, 0.5) is 0 Å². The first-order valence-corrected chi connectivity index (χ1v) is 7.35. The van der Waals surface area contributed by atoms with Crippen LogP contribution in [0, 0.1) is 25.7 Å². The Bertz CT molecular complexity index is 403. The van der Waals surface area contributed by atoms with Gasteiger partial charge < -0.3 is 5.32 Å². The number of aryl methyl sites for hydroxylation is 2. The van der Waals surface area contributed by atoms with Crippen LogP contribution in [-0.4, -0.2) is 36.1 Å². The zero-order chi connectivity index (χ0) is 12.0. The maximum Gasteiger partial charge on any atom is 0.0900 e. The zero-order valence-electron chi connectivity index (χ0n) is 10.9. The quantitative estimate of drug-likeness (QED) is 0.871. The number of aromatic nitrogens is 1. The predicted octanol–water partition coefficient (Wildman–Crippen LogP) is 1.97. The van der Waals surface area contributed by atoms with E-state index < -0.39 is 0 Å². The van der Waals surface area contributed by atoms with Crippen molar-refractivity contribution in [1.29, 1.82) is 0 Å². The molecule has 0 aliphatic carbocycles. The van der Waals surface area contributed by atoms with Crippen molar-refractivity contribution >= 4 is 11.3 Å². The van der Waals surface area contributed by atoms with E-state index >= 15 is 0 Å². The normalized spacial score (nSPS) is 30.8. The lowest BCUT2D eigenvalue weighted by molar-refractivity contribution is 0.246. The third-order valence-corrected chi connectivity index (χ3v) is 5.53. The van der Waals surface area contributed by atoms with Crippen molar-refractivity contribution in [3.63, 3.8) is 0 Å². The summed E-state index contributed by atoms with van der Waals surface area (Å²) in [6.07, 6.45) is 0. The van der Waals surface area contributed by atoms with E-state index in [2.05, 4.69) is 36.0 Å². The standard InChI is InChI=1S/C13H21N3S/c1-8-13(17-10(3)15-8)9(2)16-6-11-4-14-5-12(11)7-16/h9,11-12,14H,4-7H2,1-3H3/t9?,11-,12+. The van der Waals surface area contributed by atoms with Crippen LogP contribution < -0.4 is 5.32 Å². The van der Waals surface area contributed by atoms with E-state index in [9.17, 15) is 0 Å². The monoisotopic (exact) mass is 251 g/mol. The summed E-state index contributed by atoms with van der Waals surface area (Å²) >= 11 is 1.87. The van der Waals surface area contributed by atoms with Crippen molar-refractivity contribution in [1.82, 2.24) is 15.2 Å². The van der Waals surface area contributed by atoms with Crippen LogP contribution in [0.25, 0.3) is 0 Å². The number of nitrogens with zero attached hydrogens (tertiary/aromatic N) is 2. The van der Waals surface area contributed by atoms with Gasteiger partial charge in [0.1, 0.15) is 0 Å². The Balaban J connectivity index is 1.75. The number of hydrogen-bond acceptors (Lipinski definition) is 4. The third-order valence-electron chi connectivity index (χ3n) is 4.28. The Morgan fingerprint density at radius 2 is 1.94 bits per heavy atom. The Morgan fingerprint density at radius 3 is 2.47 bits per heavy atom. The summed E-state index contributed by atoms with van der Waals surface area (Å²) in [6, 6.07) is 0.548. The second kappa shape index (κ2) is 4.34. The minimum atomic E-state index is 0.548. The summed E-state index contributed by atoms with van der Waals surface area (Å²) in [6.45, 7) is 11.5. The SMILES string of the molecule is Cc1nc(C)c(C(C)N2C[C@H]3CNC[C@H]3C2)s1. The first-order chi connectivity index (χ1) is 8.15. The highest BCUT2D eigenvalue weighted by Gasteiger charge is 2.38. The van der Waals surface area contributed by atoms with E-state index in [0.717, 1.165) is 11.8 Å². The fourth-order valence-corrected chi connectivity index (χ4v) is 4.32. The highest BCUT2D eigenvalue weighted by molar-refractivity contribution is 7.11. The van der Waals surface area contributed by atoms with Gasteiger partial charge in [0.25, 0.3) is 0 Å². The first-order valence-electron chi connectivity index (χ1n) is 6.54. The van der Waals surface area contributed by atoms with Crippen LogP contribution in [0.2, 0.25) is 0 Å². The highest BCUT2D eigenvalue weighted by atomic mass is 32.1. The van der Waals surface area contributed by atoms with Gasteiger partial charge in [-0.25, -0.2) is 4.98 Å². The summed E-state index contributed by atoms with van der Waals surface area (Å²) in [5, 5.41) is 4.70. The van der Waals surface area contributed by atoms with Crippen molar-refractivity contribution in [2.75, 3.05) is 26.2 Å². The van der Waals surface area contributed by atoms with E-state index in [0.29, 0.717) is 6.04 Å². The summed E-state index contributed by atoms with van der Waals surface area (Å²) < 4.78 is 0. The summed E-state index contributed by atoms with van der Waals surface area (Å²) in [4.78, 5) is 8.67. The van der Waals surface area contributed by atoms with E-state index in [1.807, 2.05) is 11.3 Å². The lowest BCUT2D eigenvalue weighted by atomic mass is 10.0. The largest absolute Gasteiger partial charge is 0.316 e. The number of likely N-dealkylation sites (tertiary alicyclic amines) is 1. The smallest absolute Gasteiger partial charge is 0.0900 e. The number of thiazole rings is 1. The van der Waals surface area contributed by atoms with Crippen molar-refractivity contribution in [2.24, 2.45) is 11.8 Å². The fraction of sp³-hybridized carbons (Fsp3) is 0.769. The van der Waals surface area contributed by atoms with Gasteiger partial charge in [-0.15, -0.1) is 11.3 Å². The maximum atomic E-state index is 4.56. The van der Waals surface area contributed by atoms with Gasteiger partial charge in [-0.1, -0.05) is 0 Å². The van der Waals surface area contributed by atoms with Crippen LogP contribution in [-0.2, 0) is 0 Å². The molecule has 4 heteroatoms. The molecule has 3 nitrogen and oxygen atoms in total. The van der Waals surface area contributed by atoms with Crippen LogP contribution in [0.15, 0.2) is 0 Å². The molecular weight excluding hydrogens is 230 g/mol. The minimum Gasteiger partial charge on any atom is -0.316 e. The molecule has 1 unspecified atom stereocenters. The van der Waals surface area contributed by atoms with Crippen LogP contribution in [0.5, 0.6) is 0 Å². The van der Waals surface area contributed by atoms with Gasteiger partial charge in [-0.3, -0.25) is 4.90 Å². The molecule has 2 fully saturated rings. The summed E-state index contributed by atoms with van der Waals surface area (Å²) in [7, 11) is 0. The first kappa shape index (κ1) is 11.6. The molecule has 2 saturated heterocycles. The van der Waals surface area contributed by atoms with Crippen LogP contribution in [0.3, 0.4) is 0 Å². The topological polar surface area (TPSA) is 28.2 Å². The molecule has 1 aromatic rings. The van der Waals surface area contributed by atoms with Gasteiger partial charge in [0, 0.05) is 24.0 Å². The molecule has 1 aromatic heterocycles. The molecule has 0 aromatic carbocycles. The molecule has 0 spiro atoms. The fourth-order valence-electron chi connectivity index (χ4n) is 3.31. The van der Waals surface area contributed by atoms with Crippen LogP contribution >= 0.6 is 11.3 Å². The molecule has 3 heterocycles. The lowest BCUT2D eigenvalue weighted by Crippen LogP contribution is -2.28. The molecular formula is C13H21N3S.